The summed E-state index contributed by atoms with van der Waals surface area (Å²) in [5.41, 5.74) is 5.73. The summed E-state index contributed by atoms with van der Waals surface area (Å²) in [6.07, 6.45) is 2.37. The number of halogens is 1. The van der Waals surface area contributed by atoms with Gasteiger partial charge in [-0.1, -0.05) is 27.2 Å². The molecule has 0 saturated carbocycles. The Morgan fingerprint density at radius 1 is 1.33 bits per heavy atom. The van der Waals surface area contributed by atoms with Crippen molar-refractivity contribution < 1.29 is 0 Å². The number of hydrogen-bond donors (Lipinski definition) is 1. The summed E-state index contributed by atoms with van der Waals surface area (Å²) < 4.78 is 0. The Kier molecular flexibility index (Phi) is 8.48. The molecule has 0 aliphatic carbocycles. The maximum Gasteiger partial charge on any atom is 0.00617 e. The fraction of sp³-hybridized carbons (Fsp3) is 1.00. The van der Waals surface area contributed by atoms with E-state index >= 15 is 0 Å². The molecule has 0 saturated heterocycles. The Balaban J connectivity index is 0. The fourth-order valence-electron chi connectivity index (χ4n) is 0.667. The van der Waals surface area contributed by atoms with Crippen molar-refractivity contribution in [2.24, 2.45) is 11.7 Å². The van der Waals surface area contributed by atoms with Crippen molar-refractivity contribution in [3.63, 3.8) is 0 Å². The van der Waals surface area contributed by atoms with E-state index in [1.807, 2.05) is 0 Å². The molecule has 0 heterocycles. The van der Waals surface area contributed by atoms with E-state index < -0.39 is 0 Å². The van der Waals surface area contributed by atoms with Crippen molar-refractivity contribution in [1.29, 1.82) is 0 Å². The maximum absolute atomic E-state index is 5.73. The Hall–Kier alpha value is 0.250. The highest BCUT2D eigenvalue weighted by Gasteiger charge is 2.03. The van der Waals surface area contributed by atoms with Gasteiger partial charge in [0.2, 0.25) is 0 Å². The summed E-state index contributed by atoms with van der Waals surface area (Å²) in [5, 5.41) is 0. The Labute approximate surface area is 64.4 Å². The van der Waals surface area contributed by atoms with Crippen LogP contribution in [-0.4, -0.2) is 6.04 Å². The monoisotopic (exact) mass is 151 g/mol. The smallest absolute Gasteiger partial charge is 0.00617 e. The Morgan fingerprint density at radius 2 is 1.78 bits per heavy atom. The third-order valence-corrected chi connectivity index (χ3v) is 1.48. The second-order valence-electron chi connectivity index (χ2n) is 2.70. The molecular formula is C7H18ClN. The minimum absolute atomic E-state index is 0. The van der Waals surface area contributed by atoms with Crippen molar-refractivity contribution in [2.45, 2.75) is 39.7 Å². The highest BCUT2D eigenvalue weighted by atomic mass is 35.5. The van der Waals surface area contributed by atoms with Crippen LogP contribution in [0.3, 0.4) is 0 Å². The first-order valence-corrected chi connectivity index (χ1v) is 3.44. The van der Waals surface area contributed by atoms with Gasteiger partial charge in [-0.05, 0) is 12.3 Å². The molecule has 0 aromatic rings. The molecule has 9 heavy (non-hydrogen) atoms. The zero-order valence-electron chi connectivity index (χ0n) is 6.55. The van der Waals surface area contributed by atoms with Crippen LogP contribution in [0.5, 0.6) is 0 Å². The van der Waals surface area contributed by atoms with Crippen LogP contribution in [0.1, 0.15) is 33.6 Å². The van der Waals surface area contributed by atoms with Gasteiger partial charge in [0, 0.05) is 6.04 Å². The Morgan fingerprint density at radius 3 is 1.89 bits per heavy atom. The summed E-state index contributed by atoms with van der Waals surface area (Å²) in [7, 11) is 0. The molecule has 1 atom stereocenters. The molecule has 0 amide bonds. The summed E-state index contributed by atoms with van der Waals surface area (Å²) in [6.45, 7) is 6.50. The van der Waals surface area contributed by atoms with E-state index in [1.165, 1.54) is 6.42 Å². The van der Waals surface area contributed by atoms with Gasteiger partial charge >= 0.3 is 0 Å². The molecule has 2 N–H and O–H groups in total. The first-order valence-electron chi connectivity index (χ1n) is 3.44. The van der Waals surface area contributed by atoms with Crippen LogP contribution >= 0.6 is 12.4 Å². The third-order valence-electron chi connectivity index (χ3n) is 1.48. The van der Waals surface area contributed by atoms with Crippen LogP contribution in [0.15, 0.2) is 0 Å². The van der Waals surface area contributed by atoms with Crippen molar-refractivity contribution >= 4 is 12.4 Å². The molecule has 0 aliphatic heterocycles. The highest BCUT2D eigenvalue weighted by Crippen LogP contribution is 2.03. The molecule has 2 heteroatoms. The van der Waals surface area contributed by atoms with E-state index in [0.717, 1.165) is 6.42 Å². The molecule has 0 spiro atoms. The van der Waals surface area contributed by atoms with E-state index in [0.29, 0.717) is 12.0 Å². The number of hydrogen-bond acceptors (Lipinski definition) is 1. The molecule has 0 rings (SSSR count). The van der Waals surface area contributed by atoms with Crippen LogP contribution in [0, 0.1) is 5.92 Å². The lowest BCUT2D eigenvalue weighted by molar-refractivity contribution is 0.460. The summed E-state index contributed by atoms with van der Waals surface area (Å²) >= 11 is 0. The molecular weight excluding hydrogens is 134 g/mol. The van der Waals surface area contributed by atoms with Gasteiger partial charge in [0.25, 0.3) is 0 Å². The maximum atomic E-state index is 5.73. The van der Waals surface area contributed by atoms with Gasteiger partial charge in [-0.25, -0.2) is 0 Å². The quantitative estimate of drug-likeness (QED) is 0.658. The SMILES string of the molecule is CCCC(N)C(C)C.Cl. The number of nitrogens with two attached hydrogens (primary N) is 1. The van der Waals surface area contributed by atoms with E-state index in [-0.39, 0.29) is 12.4 Å². The van der Waals surface area contributed by atoms with E-state index in [9.17, 15) is 0 Å². The van der Waals surface area contributed by atoms with Crippen molar-refractivity contribution in [2.75, 3.05) is 0 Å². The third kappa shape index (κ3) is 6.13. The van der Waals surface area contributed by atoms with Gasteiger partial charge in [0.05, 0.1) is 0 Å². The molecule has 0 fully saturated rings. The molecule has 0 aromatic carbocycles. The lowest BCUT2D eigenvalue weighted by Gasteiger charge is -2.12. The first-order chi connectivity index (χ1) is 3.68. The molecule has 0 radical (unpaired) electrons. The zero-order valence-corrected chi connectivity index (χ0v) is 7.37. The summed E-state index contributed by atoms with van der Waals surface area (Å²) in [4.78, 5) is 0. The molecule has 0 aliphatic rings. The van der Waals surface area contributed by atoms with Crippen LogP contribution in [0.2, 0.25) is 0 Å². The molecule has 58 valence electrons. The highest BCUT2D eigenvalue weighted by molar-refractivity contribution is 5.85. The van der Waals surface area contributed by atoms with E-state index in [1.54, 1.807) is 0 Å². The van der Waals surface area contributed by atoms with Gasteiger partial charge in [-0.2, -0.15) is 0 Å². The van der Waals surface area contributed by atoms with E-state index in [2.05, 4.69) is 20.8 Å². The molecule has 0 aromatic heterocycles. The Bertz CT molecular complexity index is 54.9. The predicted molar refractivity (Wildman–Crippen MR) is 45.0 cm³/mol. The van der Waals surface area contributed by atoms with E-state index in [4.69, 9.17) is 5.73 Å². The van der Waals surface area contributed by atoms with Gasteiger partial charge < -0.3 is 5.73 Å². The topological polar surface area (TPSA) is 26.0 Å². The average Bonchev–Trinajstić information content (AvgIpc) is 1.67. The summed E-state index contributed by atoms with van der Waals surface area (Å²) in [5.74, 6) is 0.648. The minimum Gasteiger partial charge on any atom is -0.327 e. The standard InChI is InChI=1S/C7H17N.ClH/c1-4-5-7(8)6(2)3;/h6-7H,4-5,8H2,1-3H3;1H. The molecule has 1 nitrogen and oxygen atoms in total. The first kappa shape index (κ1) is 12.0. The molecule has 0 bridgehead atoms. The van der Waals surface area contributed by atoms with Gasteiger partial charge in [0.15, 0.2) is 0 Å². The number of rotatable bonds is 3. The summed E-state index contributed by atoms with van der Waals surface area (Å²) in [6, 6.07) is 0.417. The van der Waals surface area contributed by atoms with Crippen molar-refractivity contribution in [3.05, 3.63) is 0 Å². The van der Waals surface area contributed by atoms with Crippen LogP contribution in [0.25, 0.3) is 0 Å². The van der Waals surface area contributed by atoms with Gasteiger partial charge in [-0.15, -0.1) is 12.4 Å². The van der Waals surface area contributed by atoms with Crippen LogP contribution in [-0.2, 0) is 0 Å². The lowest BCUT2D eigenvalue weighted by atomic mass is 10.0. The van der Waals surface area contributed by atoms with Crippen molar-refractivity contribution in [1.82, 2.24) is 0 Å². The second kappa shape index (κ2) is 6.37. The van der Waals surface area contributed by atoms with Crippen LogP contribution in [0.4, 0.5) is 0 Å². The van der Waals surface area contributed by atoms with Gasteiger partial charge in [0.1, 0.15) is 0 Å². The lowest BCUT2D eigenvalue weighted by Crippen LogP contribution is -2.25. The minimum atomic E-state index is 0. The fourth-order valence-corrected chi connectivity index (χ4v) is 0.667. The second-order valence-corrected chi connectivity index (χ2v) is 2.70. The normalized spacial score (nSPS) is 13.0. The molecule has 1 unspecified atom stereocenters. The van der Waals surface area contributed by atoms with Crippen molar-refractivity contribution in [3.8, 4) is 0 Å². The predicted octanol–water partition coefficient (Wildman–Crippen LogP) is 2.19. The average molecular weight is 152 g/mol. The zero-order chi connectivity index (χ0) is 6.57. The van der Waals surface area contributed by atoms with Gasteiger partial charge in [-0.3, -0.25) is 0 Å². The van der Waals surface area contributed by atoms with Crippen LogP contribution < -0.4 is 5.73 Å². The largest absolute Gasteiger partial charge is 0.327 e.